The minimum Gasteiger partial charge on any atom is -0.256 e. The second-order valence-corrected chi connectivity index (χ2v) is 10.1. The summed E-state index contributed by atoms with van der Waals surface area (Å²) in [5.74, 6) is 0. The molecule has 0 unspecified atom stereocenters. The molecular formula is C39H27N3. The van der Waals surface area contributed by atoms with E-state index in [0.29, 0.717) is 0 Å². The Labute approximate surface area is 245 Å². The molecule has 3 aromatic heterocycles. The molecule has 0 aliphatic rings. The number of pyridine rings is 3. The van der Waals surface area contributed by atoms with Gasteiger partial charge in [0.2, 0.25) is 0 Å². The Bertz CT molecular complexity index is 1920. The topological polar surface area (TPSA) is 38.7 Å². The summed E-state index contributed by atoms with van der Waals surface area (Å²) in [6.45, 7) is 0. The van der Waals surface area contributed by atoms with Crippen LogP contribution < -0.4 is 0 Å². The summed E-state index contributed by atoms with van der Waals surface area (Å²) in [6, 6.07) is 50.7. The zero-order valence-corrected chi connectivity index (χ0v) is 22.9. The van der Waals surface area contributed by atoms with Crippen LogP contribution in [0.3, 0.4) is 0 Å². The van der Waals surface area contributed by atoms with E-state index in [1.165, 1.54) is 16.7 Å². The Morgan fingerprint density at radius 3 is 1.02 bits per heavy atom. The van der Waals surface area contributed by atoms with Crippen molar-refractivity contribution in [2.24, 2.45) is 0 Å². The molecule has 0 fully saturated rings. The van der Waals surface area contributed by atoms with E-state index in [9.17, 15) is 0 Å². The van der Waals surface area contributed by atoms with E-state index in [4.69, 9.17) is 0 Å². The molecule has 0 N–H and O–H groups in total. The van der Waals surface area contributed by atoms with E-state index in [2.05, 4.69) is 106 Å². The second kappa shape index (κ2) is 11.4. The molecule has 0 atom stereocenters. The molecular weight excluding hydrogens is 510 g/mol. The molecule has 42 heavy (non-hydrogen) atoms. The summed E-state index contributed by atoms with van der Waals surface area (Å²) >= 11 is 0. The number of benzene rings is 4. The fraction of sp³-hybridized carbons (Fsp3) is 0. The highest BCUT2D eigenvalue weighted by molar-refractivity contribution is 5.88. The summed E-state index contributed by atoms with van der Waals surface area (Å²) in [5, 5.41) is 0. The molecule has 3 nitrogen and oxygen atoms in total. The molecule has 0 saturated carbocycles. The highest BCUT2D eigenvalue weighted by Crippen LogP contribution is 2.37. The Morgan fingerprint density at radius 1 is 0.262 bits per heavy atom. The molecule has 0 spiro atoms. The van der Waals surface area contributed by atoms with Gasteiger partial charge >= 0.3 is 0 Å². The molecule has 0 aliphatic heterocycles. The monoisotopic (exact) mass is 537 g/mol. The van der Waals surface area contributed by atoms with Crippen molar-refractivity contribution in [1.29, 1.82) is 0 Å². The largest absolute Gasteiger partial charge is 0.256 e. The summed E-state index contributed by atoms with van der Waals surface area (Å²) in [6.07, 6.45) is 5.49. The van der Waals surface area contributed by atoms with Crippen LogP contribution in [0.4, 0.5) is 0 Å². The van der Waals surface area contributed by atoms with Gasteiger partial charge in [0.25, 0.3) is 0 Å². The predicted molar refractivity (Wildman–Crippen MR) is 172 cm³/mol. The average molecular weight is 538 g/mol. The number of nitrogens with zero attached hydrogens (tertiary/aromatic N) is 3. The quantitative estimate of drug-likeness (QED) is 0.212. The lowest BCUT2D eigenvalue weighted by Gasteiger charge is -2.14. The van der Waals surface area contributed by atoms with Gasteiger partial charge in [0.1, 0.15) is 0 Å². The molecule has 7 aromatic rings. The Morgan fingerprint density at radius 2 is 0.619 bits per heavy atom. The van der Waals surface area contributed by atoms with Gasteiger partial charge in [-0.3, -0.25) is 15.0 Å². The highest BCUT2D eigenvalue weighted by atomic mass is 14.7. The van der Waals surface area contributed by atoms with Crippen LogP contribution in [0.1, 0.15) is 0 Å². The fourth-order valence-corrected chi connectivity index (χ4v) is 5.29. The Balaban J connectivity index is 1.29. The summed E-state index contributed by atoms with van der Waals surface area (Å²) in [7, 11) is 0. The maximum absolute atomic E-state index is 4.52. The first-order valence-electron chi connectivity index (χ1n) is 14.0. The van der Waals surface area contributed by atoms with Crippen molar-refractivity contribution in [3.05, 3.63) is 164 Å². The summed E-state index contributed by atoms with van der Waals surface area (Å²) < 4.78 is 0. The van der Waals surface area contributed by atoms with Gasteiger partial charge < -0.3 is 0 Å². The molecule has 0 bridgehead atoms. The van der Waals surface area contributed by atoms with Crippen LogP contribution in [0.15, 0.2) is 164 Å². The van der Waals surface area contributed by atoms with Gasteiger partial charge in [-0.25, -0.2) is 0 Å². The lowest BCUT2D eigenvalue weighted by molar-refractivity contribution is 1.33. The zero-order chi connectivity index (χ0) is 28.1. The fourth-order valence-electron chi connectivity index (χ4n) is 5.29. The third kappa shape index (κ3) is 5.24. The Kier molecular flexibility index (Phi) is 6.89. The average Bonchev–Trinajstić information content (AvgIpc) is 3.09. The first kappa shape index (κ1) is 25.3. The van der Waals surface area contributed by atoms with E-state index in [0.717, 1.165) is 50.5 Å². The first-order chi connectivity index (χ1) is 20.8. The third-order valence-corrected chi connectivity index (χ3v) is 7.51. The van der Waals surface area contributed by atoms with Crippen molar-refractivity contribution in [1.82, 2.24) is 15.0 Å². The van der Waals surface area contributed by atoms with Crippen LogP contribution in [0.2, 0.25) is 0 Å². The van der Waals surface area contributed by atoms with Crippen molar-refractivity contribution in [2.75, 3.05) is 0 Å². The standard InChI is InChI=1S/C39H27N3/c1-4-24-40-37(7-1)31-16-10-28(11-17-31)34-22-23-35(29-12-18-32(19-13-29)38-8-2-5-25-41-38)36(27-34)30-14-20-33(21-15-30)39-9-3-6-26-42-39/h1-27H. The van der Waals surface area contributed by atoms with Crippen molar-refractivity contribution in [2.45, 2.75) is 0 Å². The van der Waals surface area contributed by atoms with Gasteiger partial charge in [-0.2, -0.15) is 0 Å². The van der Waals surface area contributed by atoms with Crippen molar-refractivity contribution < 1.29 is 0 Å². The summed E-state index contributed by atoms with van der Waals surface area (Å²) in [5.41, 5.74) is 13.2. The van der Waals surface area contributed by atoms with Crippen LogP contribution in [0, 0.1) is 0 Å². The van der Waals surface area contributed by atoms with Crippen LogP contribution in [-0.2, 0) is 0 Å². The Hall–Kier alpha value is -5.67. The maximum Gasteiger partial charge on any atom is 0.0701 e. The van der Waals surface area contributed by atoms with Crippen LogP contribution >= 0.6 is 0 Å². The van der Waals surface area contributed by atoms with Gasteiger partial charge in [0, 0.05) is 35.3 Å². The molecule has 0 aliphatic carbocycles. The molecule has 0 amide bonds. The molecule has 198 valence electrons. The van der Waals surface area contributed by atoms with E-state index in [-0.39, 0.29) is 0 Å². The minimum atomic E-state index is 0.969. The number of rotatable bonds is 6. The normalized spacial score (nSPS) is 10.9. The van der Waals surface area contributed by atoms with Gasteiger partial charge in [0.05, 0.1) is 17.1 Å². The molecule has 4 aromatic carbocycles. The number of hydrogen-bond donors (Lipinski definition) is 0. The van der Waals surface area contributed by atoms with E-state index in [1.807, 2.05) is 73.2 Å². The summed E-state index contributed by atoms with van der Waals surface area (Å²) in [4.78, 5) is 13.5. The van der Waals surface area contributed by atoms with Gasteiger partial charge in [-0.15, -0.1) is 0 Å². The molecule has 0 saturated heterocycles. The van der Waals surface area contributed by atoms with E-state index >= 15 is 0 Å². The third-order valence-electron chi connectivity index (χ3n) is 7.51. The van der Waals surface area contributed by atoms with Crippen LogP contribution in [0.25, 0.3) is 67.2 Å². The van der Waals surface area contributed by atoms with Crippen molar-refractivity contribution in [3.63, 3.8) is 0 Å². The number of aromatic nitrogens is 3. The SMILES string of the molecule is c1ccc(-c2ccc(-c3ccc(-c4ccc(-c5ccccn5)cc4)c(-c4ccc(-c5ccccn5)cc4)c3)cc2)nc1. The lowest BCUT2D eigenvalue weighted by Crippen LogP contribution is -1.90. The van der Waals surface area contributed by atoms with Gasteiger partial charge in [-0.05, 0) is 75.8 Å². The maximum atomic E-state index is 4.52. The van der Waals surface area contributed by atoms with Crippen molar-refractivity contribution >= 4 is 0 Å². The minimum absolute atomic E-state index is 0.969. The molecule has 3 heteroatoms. The molecule has 0 radical (unpaired) electrons. The van der Waals surface area contributed by atoms with Gasteiger partial charge in [0.15, 0.2) is 0 Å². The first-order valence-corrected chi connectivity index (χ1v) is 14.0. The van der Waals surface area contributed by atoms with Crippen molar-refractivity contribution in [3.8, 4) is 67.2 Å². The van der Waals surface area contributed by atoms with E-state index < -0.39 is 0 Å². The van der Waals surface area contributed by atoms with Crippen LogP contribution in [0.5, 0.6) is 0 Å². The predicted octanol–water partition coefficient (Wildman–Crippen LogP) is 9.87. The van der Waals surface area contributed by atoms with Crippen LogP contribution in [-0.4, -0.2) is 15.0 Å². The highest BCUT2D eigenvalue weighted by Gasteiger charge is 2.12. The van der Waals surface area contributed by atoms with E-state index in [1.54, 1.807) is 0 Å². The number of hydrogen-bond acceptors (Lipinski definition) is 3. The smallest absolute Gasteiger partial charge is 0.0701 e. The molecule has 3 heterocycles. The molecule has 7 rings (SSSR count). The van der Waals surface area contributed by atoms with Gasteiger partial charge in [-0.1, -0.05) is 103 Å². The second-order valence-electron chi connectivity index (χ2n) is 10.1. The zero-order valence-electron chi connectivity index (χ0n) is 22.9. The lowest BCUT2D eigenvalue weighted by atomic mass is 9.90.